The van der Waals surface area contributed by atoms with Crippen LogP contribution in [0, 0.1) is 0 Å². The molecule has 2 aliphatic carbocycles. The minimum absolute atomic E-state index is 0.0205. The lowest BCUT2D eigenvalue weighted by molar-refractivity contribution is 0.332. The summed E-state index contributed by atoms with van der Waals surface area (Å²) < 4.78 is 16.1. The van der Waals surface area contributed by atoms with Crippen LogP contribution in [0.3, 0.4) is 0 Å². The Kier molecular flexibility index (Phi) is 8.29. The first-order valence-electron chi connectivity index (χ1n) is 25.2. The summed E-state index contributed by atoms with van der Waals surface area (Å²) in [6.45, 7) is 21.5. The maximum Gasteiger partial charge on any atom is 0.227 e. The third-order valence-corrected chi connectivity index (χ3v) is 16.8. The Morgan fingerprint density at radius 3 is 2.10 bits per heavy atom. The Morgan fingerprint density at radius 1 is 0.614 bits per heavy atom. The number of hydrogen-bond donors (Lipinski definition) is 1. The maximum atomic E-state index is 6.71. The molecule has 0 bridgehead atoms. The van der Waals surface area contributed by atoms with Gasteiger partial charge >= 0.3 is 0 Å². The zero-order valence-electron chi connectivity index (χ0n) is 41.6. The van der Waals surface area contributed by atoms with Gasteiger partial charge in [0.05, 0.1) is 11.2 Å². The summed E-state index contributed by atoms with van der Waals surface area (Å²) in [5.74, 6) is 0.640. The van der Waals surface area contributed by atoms with Crippen molar-refractivity contribution in [1.29, 1.82) is 0 Å². The lowest BCUT2D eigenvalue weighted by Crippen LogP contribution is -2.38. The Bertz CT molecular complexity index is 4060. The number of fused-ring (bicyclic) bond motifs is 14. The predicted molar refractivity (Wildman–Crippen MR) is 294 cm³/mol. The minimum atomic E-state index is -0.314. The predicted octanol–water partition coefficient (Wildman–Crippen LogP) is 15.6. The standard InChI is InChI=1S/C64H56BN3O2/c1-61(2,3)36-23-25-37(26-24-36)66-47-33-52-40(38-19-14-16-22-51(38)69-52)29-41(47)55-54-39-20-13-15-21-43(39)64(8,9)57(54)56-42-30-44-45(63(6,7)28-27-62(44,4)5)31-49(42)68-50-34-53-48(32-46(50)65-58(55)59(56)68)67-60(70-53)35-17-11-10-12-18-35/h10-26,29-34,65-66H,27-28H2,1-9H3. The highest BCUT2D eigenvalue weighted by molar-refractivity contribution is 6.74. The first-order chi connectivity index (χ1) is 33.5. The van der Waals surface area contributed by atoms with E-state index in [0.717, 1.165) is 81.3 Å². The molecule has 0 unspecified atom stereocenters. The largest absolute Gasteiger partial charge is 0.456 e. The number of aromatic nitrogens is 2. The Hall–Kier alpha value is -7.31. The van der Waals surface area contributed by atoms with Crippen molar-refractivity contribution in [3.05, 3.63) is 167 Å². The summed E-state index contributed by atoms with van der Waals surface area (Å²) in [5.41, 5.74) is 24.5. The molecule has 342 valence electrons. The van der Waals surface area contributed by atoms with Crippen LogP contribution in [0.4, 0.5) is 11.4 Å². The van der Waals surface area contributed by atoms with Gasteiger partial charge < -0.3 is 18.7 Å². The SMILES string of the molecule is CC(C)(C)c1ccc(Nc2cc3oc4ccccc4c3cc2-c2c3c(c4c5cc6c(cc5n5c4c2Bc2cc4nc(-c7ccccc7)oc4cc2-5)C(C)(C)CCC6(C)C)C(C)(C)c2ccccc2-3)cc1. The quantitative estimate of drug-likeness (QED) is 0.179. The molecule has 0 saturated heterocycles. The molecule has 3 aliphatic rings. The monoisotopic (exact) mass is 909 g/mol. The van der Waals surface area contributed by atoms with Gasteiger partial charge in [0.2, 0.25) is 5.89 Å². The van der Waals surface area contributed by atoms with Gasteiger partial charge in [-0.15, -0.1) is 0 Å². The van der Waals surface area contributed by atoms with E-state index < -0.39 is 0 Å². The van der Waals surface area contributed by atoms with Gasteiger partial charge in [0.15, 0.2) is 12.9 Å². The number of hydrogen-bond acceptors (Lipinski definition) is 4. The average Bonchev–Trinajstić information content (AvgIpc) is 4.08. The first kappa shape index (κ1) is 41.6. The highest BCUT2D eigenvalue weighted by atomic mass is 16.3. The summed E-state index contributed by atoms with van der Waals surface area (Å²) in [6, 6.07) is 51.5. The van der Waals surface area contributed by atoms with E-state index in [2.05, 4.69) is 194 Å². The van der Waals surface area contributed by atoms with Crippen molar-refractivity contribution in [2.24, 2.45) is 0 Å². The number of nitrogens with one attached hydrogen (secondary N) is 1. The van der Waals surface area contributed by atoms with Gasteiger partial charge in [0, 0.05) is 67.1 Å². The fourth-order valence-corrected chi connectivity index (χ4v) is 12.9. The van der Waals surface area contributed by atoms with Crippen LogP contribution >= 0.6 is 0 Å². The molecule has 14 rings (SSSR count). The topological polar surface area (TPSA) is 56.1 Å². The molecular weight excluding hydrogens is 854 g/mol. The molecule has 5 nitrogen and oxygen atoms in total. The van der Waals surface area contributed by atoms with E-state index in [4.69, 9.17) is 13.8 Å². The Balaban J connectivity index is 1.16. The van der Waals surface area contributed by atoms with Crippen molar-refractivity contribution in [2.75, 3.05) is 5.32 Å². The summed E-state index contributed by atoms with van der Waals surface area (Å²) in [7, 11) is 0.720. The van der Waals surface area contributed by atoms with E-state index in [1.807, 2.05) is 18.2 Å². The molecule has 70 heavy (non-hydrogen) atoms. The van der Waals surface area contributed by atoms with Crippen molar-refractivity contribution < 1.29 is 8.83 Å². The van der Waals surface area contributed by atoms with Crippen LogP contribution in [0.2, 0.25) is 0 Å². The number of rotatable bonds is 4. The Morgan fingerprint density at radius 2 is 1.33 bits per heavy atom. The molecule has 1 aliphatic heterocycles. The molecule has 0 spiro atoms. The van der Waals surface area contributed by atoms with Crippen molar-refractivity contribution in [1.82, 2.24) is 9.55 Å². The highest BCUT2D eigenvalue weighted by Gasteiger charge is 2.45. The lowest BCUT2D eigenvalue weighted by Gasteiger charge is -2.42. The molecule has 0 amide bonds. The average molecular weight is 910 g/mol. The first-order valence-corrected chi connectivity index (χ1v) is 25.2. The van der Waals surface area contributed by atoms with Crippen LogP contribution in [0.5, 0.6) is 0 Å². The number of nitrogens with zero attached hydrogens (tertiary/aromatic N) is 2. The van der Waals surface area contributed by atoms with Gasteiger partial charge in [-0.3, -0.25) is 0 Å². The molecule has 0 fully saturated rings. The van der Waals surface area contributed by atoms with E-state index in [9.17, 15) is 0 Å². The molecule has 0 radical (unpaired) electrons. The van der Waals surface area contributed by atoms with Gasteiger partial charge in [-0.1, -0.05) is 141 Å². The minimum Gasteiger partial charge on any atom is -0.456 e. The number of para-hydroxylation sites is 1. The van der Waals surface area contributed by atoms with Crippen LogP contribution in [0.1, 0.15) is 103 Å². The van der Waals surface area contributed by atoms with Gasteiger partial charge in [0.25, 0.3) is 0 Å². The second-order valence-electron chi connectivity index (χ2n) is 23.5. The van der Waals surface area contributed by atoms with Crippen LogP contribution < -0.4 is 16.2 Å². The fraction of sp³-hybridized carbons (Fsp3) is 0.234. The zero-order valence-corrected chi connectivity index (χ0v) is 41.6. The molecular formula is C64H56BN3O2. The number of furan rings is 1. The third-order valence-electron chi connectivity index (χ3n) is 16.8. The zero-order chi connectivity index (χ0) is 47.8. The van der Waals surface area contributed by atoms with Gasteiger partial charge in [-0.05, 0) is 134 Å². The van der Waals surface area contributed by atoms with E-state index in [-0.39, 0.29) is 21.7 Å². The van der Waals surface area contributed by atoms with Crippen molar-refractivity contribution in [3.63, 3.8) is 0 Å². The third kappa shape index (κ3) is 5.76. The number of benzene rings is 8. The summed E-state index contributed by atoms with van der Waals surface area (Å²) in [4.78, 5) is 5.17. The summed E-state index contributed by atoms with van der Waals surface area (Å²) in [5, 5.41) is 8.92. The van der Waals surface area contributed by atoms with Gasteiger partial charge in [-0.25, -0.2) is 4.98 Å². The summed E-state index contributed by atoms with van der Waals surface area (Å²) in [6.07, 6.45) is 2.29. The van der Waals surface area contributed by atoms with Crippen molar-refractivity contribution in [3.8, 4) is 39.4 Å². The van der Waals surface area contributed by atoms with E-state index >= 15 is 0 Å². The molecule has 0 saturated carbocycles. The molecule has 4 heterocycles. The molecule has 3 aromatic heterocycles. The van der Waals surface area contributed by atoms with Crippen molar-refractivity contribution >= 4 is 84.4 Å². The van der Waals surface area contributed by atoms with E-state index in [1.54, 1.807) is 0 Å². The van der Waals surface area contributed by atoms with Crippen molar-refractivity contribution in [2.45, 2.75) is 96.8 Å². The molecule has 6 heteroatoms. The second kappa shape index (κ2) is 13.9. The fourth-order valence-electron chi connectivity index (χ4n) is 12.9. The number of oxazole rings is 1. The summed E-state index contributed by atoms with van der Waals surface area (Å²) >= 11 is 0. The molecule has 11 aromatic rings. The maximum absolute atomic E-state index is 6.71. The van der Waals surface area contributed by atoms with E-state index in [1.165, 1.54) is 77.2 Å². The number of anilines is 2. The van der Waals surface area contributed by atoms with Crippen LogP contribution in [0.15, 0.2) is 148 Å². The lowest BCUT2D eigenvalue weighted by atomic mass is 9.57. The normalized spacial score (nSPS) is 16.1. The molecule has 8 aromatic carbocycles. The van der Waals surface area contributed by atoms with Crippen LogP contribution in [0.25, 0.3) is 94.2 Å². The second-order valence-corrected chi connectivity index (χ2v) is 23.5. The smallest absolute Gasteiger partial charge is 0.227 e. The molecule has 0 atom stereocenters. The van der Waals surface area contributed by atoms with Crippen LogP contribution in [-0.2, 0) is 21.7 Å². The van der Waals surface area contributed by atoms with Gasteiger partial charge in [0.1, 0.15) is 16.7 Å². The van der Waals surface area contributed by atoms with Crippen LogP contribution in [-0.4, -0.2) is 16.8 Å². The molecule has 1 N–H and O–H groups in total. The Labute approximate surface area is 409 Å². The highest BCUT2D eigenvalue weighted by Crippen LogP contribution is 2.58. The van der Waals surface area contributed by atoms with Gasteiger partial charge in [-0.2, -0.15) is 0 Å². The van der Waals surface area contributed by atoms with E-state index in [0.29, 0.717) is 5.89 Å².